The summed E-state index contributed by atoms with van der Waals surface area (Å²) in [5, 5.41) is 0. The first-order valence-corrected chi connectivity index (χ1v) is 9.98. The van der Waals surface area contributed by atoms with Crippen molar-refractivity contribution in [1.29, 1.82) is 0 Å². The number of carbonyl (C=O) groups excluding carboxylic acids is 1. The Kier molecular flexibility index (Phi) is 5.72. The van der Waals surface area contributed by atoms with Crippen LogP contribution >= 0.6 is 0 Å². The fourth-order valence-electron chi connectivity index (χ4n) is 4.30. The Hall–Kier alpha value is -2.93. The lowest BCUT2D eigenvalue weighted by Gasteiger charge is -2.35. The maximum atomic E-state index is 13.1. The topological polar surface area (TPSA) is 66.5 Å². The number of methoxy groups -OCH3 is 3. The van der Waals surface area contributed by atoms with Crippen LogP contribution in [0.15, 0.2) is 24.3 Å². The predicted octanol–water partition coefficient (Wildman–Crippen LogP) is 3.17. The zero-order valence-corrected chi connectivity index (χ0v) is 17.8. The van der Waals surface area contributed by atoms with Crippen molar-refractivity contribution >= 4 is 5.78 Å². The molecular weight excluding hydrogens is 386 g/mol. The molecule has 0 radical (unpaired) electrons. The molecule has 2 aliphatic rings. The third-order valence-corrected chi connectivity index (χ3v) is 5.84. The van der Waals surface area contributed by atoms with Gasteiger partial charge in [0.15, 0.2) is 11.5 Å². The van der Waals surface area contributed by atoms with Crippen molar-refractivity contribution in [2.45, 2.75) is 25.3 Å². The summed E-state index contributed by atoms with van der Waals surface area (Å²) in [7, 11) is 6.88. The Morgan fingerprint density at radius 2 is 1.97 bits per heavy atom. The molecule has 0 aliphatic carbocycles. The molecule has 0 saturated carbocycles. The third kappa shape index (κ3) is 3.65. The molecule has 0 saturated heterocycles. The number of Topliss-reactive ketones (excluding diaryl/α,β-unsaturated/α-hetero) is 1. The zero-order valence-electron chi connectivity index (χ0n) is 17.8. The van der Waals surface area contributed by atoms with Gasteiger partial charge in [-0.2, -0.15) is 0 Å². The average Bonchev–Trinajstić information content (AvgIpc) is 3.22. The zero-order chi connectivity index (χ0) is 21.3. The fraction of sp³-hybridized carbons (Fsp3) is 0.435. The van der Waals surface area contributed by atoms with Crippen molar-refractivity contribution in [2.24, 2.45) is 0 Å². The molecule has 1 atom stereocenters. The summed E-state index contributed by atoms with van der Waals surface area (Å²) >= 11 is 0. The number of rotatable bonds is 7. The molecule has 0 bridgehead atoms. The van der Waals surface area contributed by atoms with Gasteiger partial charge in [-0.3, -0.25) is 9.69 Å². The Balaban J connectivity index is 1.62. The normalized spacial score (nSPS) is 17.4. The Morgan fingerprint density at radius 3 is 2.70 bits per heavy atom. The first kappa shape index (κ1) is 20.3. The molecule has 2 heterocycles. The molecule has 2 aliphatic heterocycles. The van der Waals surface area contributed by atoms with Crippen LogP contribution in [0.5, 0.6) is 28.7 Å². The molecular formula is C23H27NO6. The van der Waals surface area contributed by atoms with E-state index in [4.69, 9.17) is 23.7 Å². The van der Waals surface area contributed by atoms with Crippen LogP contribution in [-0.4, -0.2) is 52.4 Å². The minimum atomic E-state index is -0.0951. The van der Waals surface area contributed by atoms with Crippen LogP contribution in [0.4, 0.5) is 0 Å². The Bertz CT molecular complexity index is 957. The van der Waals surface area contributed by atoms with Gasteiger partial charge in [0.25, 0.3) is 0 Å². The molecule has 0 amide bonds. The van der Waals surface area contributed by atoms with Gasteiger partial charge in [-0.1, -0.05) is 0 Å². The second kappa shape index (κ2) is 8.44. The largest absolute Gasteiger partial charge is 0.497 e. The van der Waals surface area contributed by atoms with Gasteiger partial charge in [-0.05, 0) is 43.3 Å². The minimum Gasteiger partial charge on any atom is -0.497 e. The van der Waals surface area contributed by atoms with Gasteiger partial charge < -0.3 is 23.7 Å². The summed E-state index contributed by atoms with van der Waals surface area (Å²) in [5.41, 5.74) is 2.98. The first-order valence-electron chi connectivity index (χ1n) is 9.98. The molecule has 0 N–H and O–H groups in total. The van der Waals surface area contributed by atoms with E-state index in [-0.39, 0.29) is 25.0 Å². The summed E-state index contributed by atoms with van der Waals surface area (Å²) in [6.07, 6.45) is 1.50. The molecule has 0 spiro atoms. The predicted molar refractivity (Wildman–Crippen MR) is 111 cm³/mol. The SMILES string of the molecule is COc1ccc(OC)c(CC(=O)CC2c3c(cc4c(c3OC)OCO4)CCN2C)c1. The van der Waals surface area contributed by atoms with E-state index in [0.29, 0.717) is 35.2 Å². The lowest BCUT2D eigenvalue weighted by Crippen LogP contribution is -2.34. The number of nitrogens with zero attached hydrogens (tertiary/aromatic N) is 1. The quantitative estimate of drug-likeness (QED) is 0.691. The van der Waals surface area contributed by atoms with Crippen LogP contribution in [0.1, 0.15) is 29.2 Å². The fourth-order valence-corrected chi connectivity index (χ4v) is 4.30. The number of ketones is 1. The summed E-state index contributed by atoms with van der Waals surface area (Å²) in [4.78, 5) is 15.3. The monoisotopic (exact) mass is 413 g/mol. The average molecular weight is 413 g/mol. The lowest BCUT2D eigenvalue weighted by molar-refractivity contribution is -0.119. The molecule has 7 heteroatoms. The lowest BCUT2D eigenvalue weighted by atomic mass is 9.87. The number of benzene rings is 2. The van der Waals surface area contributed by atoms with Crippen molar-refractivity contribution in [2.75, 3.05) is 41.7 Å². The Labute approximate surface area is 176 Å². The number of hydrogen-bond donors (Lipinski definition) is 0. The standard InChI is InChI=1S/C23H27NO6/c1-24-8-7-14-11-20-22(30-13-29-20)23(28-4)21(14)18(24)12-16(25)9-15-10-17(26-2)5-6-19(15)27-3/h5-6,10-11,18H,7-9,12-13H2,1-4H3. The number of hydrogen-bond acceptors (Lipinski definition) is 7. The summed E-state index contributed by atoms with van der Waals surface area (Å²) in [6.45, 7) is 1.04. The highest BCUT2D eigenvalue weighted by Crippen LogP contribution is 2.50. The van der Waals surface area contributed by atoms with Crippen LogP contribution in [0.3, 0.4) is 0 Å². The summed E-state index contributed by atoms with van der Waals surface area (Å²) < 4.78 is 27.7. The van der Waals surface area contributed by atoms with Gasteiger partial charge in [-0.25, -0.2) is 0 Å². The van der Waals surface area contributed by atoms with Crippen molar-refractivity contribution in [3.05, 3.63) is 41.0 Å². The van der Waals surface area contributed by atoms with Gasteiger partial charge in [0.1, 0.15) is 17.3 Å². The van der Waals surface area contributed by atoms with Crippen molar-refractivity contribution in [1.82, 2.24) is 4.90 Å². The van der Waals surface area contributed by atoms with E-state index < -0.39 is 0 Å². The smallest absolute Gasteiger partial charge is 0.231 e. The summed E-state index contributed by atoms with van der Waals surface area (Å²) in [5.74, 6) is 3.50. The van der Waals surface area contributed by atoms with E-state index in [1.165, 1.54) is 0 Å². The molecule has 2 aromatic carbocycles. The number of likely N-dealkylation sites (N-methyl/N-ethyl adjacent to an activating group) is 1. The maximum absolute atomic E-state index is 13.1. The summed E-state index contributed by atoms with van der Waals surface area (Å²) in [6, 6.07) is 7.43. The van der Waals surface area contributed by atoms with Gasteiger partial charge in [0.2, 0.25) is 12.5 Å². The van der Waals surface area contributed by atoms with E-state index in [1.54, 1.807) is 21.3 Å². The van der Waals surface area contributed by atoms with Gasteiger partial charge >= 0.3 is 0 Å². The highest BCUT2D eigenvalue weighted by molar-refractivity contribution is 5.83. The van der Waals surface area contributed by atoms with E-state index in [1.807, 2.05) is 31.3 Å². The van der Waals surface area contributed by atoms with Crippen molar-refractivity contribution < 1.29 is 28.5 Å². The highest BCUT2D eigenvalue weighted by atomic mass is 16.7. The van der Waals surface area contributed by atoms with Crippen molar-refractivity contribution in [3.63, 3.8) is 0 Å². The second-order valence-electron chi connectivity index (χ2n) is 7.56. The minimum absolute atomic E-state index is 0.0951. The van der Waals surface area contributed by atoms with Gasteiger partial charge in [0, 0.05) is 36.6 Å². The second-order valence-corrected chi connectivity index (χ2v) is 7.56. The van der Waals surface area contributed by atoms with E-state index in [2.05, 4.69) is 4.90 Å². The third-order valence-electron chi connectivity index (χ3n) is 5.84. The number of carbonyl (C=O) groups is 1. The van der Waals surface area contributed by atoms with Gasteiger partial charge in [0.05, 0.1) is 21.3 Å². The molecule has 160 valence electrons. The maximum Gasteiger partial charge on any atom is 0.231 e. The van der Waals surface area contributed by atoms with Crippen LogP contribution in [0.25, 0.3) is 0 Å². The van der Waals surface area contributed by atoms with E-state index in [0.717, 1.165) is 29.7 Å². The molecule has 4 rings (SSSR count). The van der Waals surface area contributed by atoms with Crippen LogP contribution in [0, 0.1) is 0 Å². The van der Waals surface area contributed by atoms with Crippen LogP contribution in [-0.2, 0) is 17.6 Å². The van der Waals surface area contributed by atoms with Crippen molar-refractivity contribution in [3.8, 4) is 28.7 Å². The molecule has 1 unspecified atom stereocenters. The van der Waals surface area contributed by atoms with Crippen LogP contribution in [0.2, 0.25) is 0 Å². The highest BCUT2D eigenvalue weighted by Gasteiger charge is 2.35. The first-order chi connectivity index (χ1) is 14.5. The number of fused-ring (bicyclic) bond motifs is 2. The Morgan fingerprint density at radius 1 is 1.13 bits per heavy atom. The van der Waals surface area contributed by atoms with E-state index >= 15 is 0 Å². The molecule has 0 fully saturated rings. The molecule has 30 heavy (non-hydrogen) atoms. The van der Waals surface area contributed by atoms with Gasteiger partial charge in [-0.15, -0.1) is 0 Å². The molecule has 0 aromatic heterocycles. The number of ether oxygens (including phenoxy) is 5. The molecule has 7 nitrogen and oxygen atoms in total. The van der Waals surface area contributed by atoms with Crippen LogP contribution < -0.4 is 23.7 Å². The molecule has 2 aromatic rings. The van der Waals surface area contributed by atoms with E-state index in [9.17, 15) is 4.79 Å².